The number of nitrogens with zero attached hydrogens (tertiary/aromatic N) is 3. The van der Waals surface area contributed by atoms with Crippen LogP contribution in [0.25, 0.3) is 11.1 Å². The molecular weight excluding hydrogens is 342 g/mol. The van der Waals surface area contributed by atoms with Crippen molar-refractivity contribution in [3.8, 4) is 11.1 Å². The Hall–Kier alpha value is -3.46. The van der Waals surface area contributed by atoms with Crippen molar-refractivity contribution in [3.05, 3.63) is 101 Å². The first-order valence-corrected chi connectivity index (χ1v) is 9.81. The van der Waals surface area contributed by atoms with Gasteiger partial charge in [-0.05, 0) is 51.1 Å². The van der Waals surface area contributed by atoms with Crippen LogP contribution in [0, 0.1) is 0 Å². The molecular formula is C25H17N3. The van der Waals surface area contributed by atoms with E-state index >= 15 is 0 Å². The maximum Gasteiger partial charge on any atom is 0.0716 e. The second kappa shape index (κ2) is 5.08. The molecule has 0 bridgehead atoms. The van der Waals surface area contributed by atoms with Crippen LogP contribution in [0.1, 0.15) is 33.5 Å². The highest BCUT2D eigenvalue weighted by atomic mass is 15.2. The van der Waals surface area contributed by atoms with Gasteiger partial charge in [-0.25, -0.2) is 0 Å². The molecule has 0 radical (unpaired) electrons. The first-order chi connectivity index (χ1) is 13.9. The van der Waals surface area contributed by atoms with Crippen LogP contribution in [-0.4, -0.2) is 9.97 Å². The average molecular weight is 359 g/mol. The summed E-state index contributed by atoms with van der Waals surface area (Å²) in [5.41, 5.74) is 14.7. The number of anilines is 3. The quantitative estimate of drug-likeness (QED) is 0.367. The lowest BCUT2D eigenvalue weighted by atomic mass is 9.87. The van der Waals surface area contributed by atoms with Crippen molar-refractivity contribution < 1.29 is 0 Å². The molecule has 0 fully saturated rings. The lowest BCUT2D eigenvalue weighted by Gasteiger charge is -2.39. The van der Waals surface area contributed by atoms with Crippen molar-refractivity contribution in [2.24, 2.45) is 0 Å². The van der Waals surface area contributed by atoms with Gasteiger partial charge in [0.15, 0.2) is 0 Å². The number of hydrogen-bond acceptors (Lipinski definition) is 3. The van der Waals surface area contributed by atoms with Crippen LogP contribution in [0.5, 0.6) is 0 Å². The van der Waals surface area contributed by atoms with Crippen LogP contribution >= 0.6 is 0 Å². The first kappa shape index (κ1) is 14.6. The van der Waals surface area contributed by atoms with Gasteiger partial charge in [0.1, 0.15) is 0 Å². The standard InChI is InChI=1S/C25H17N3/c1-2-4-19-15(3-1)12-21-20(19)6-5-16-13-22-25-17(7-10-27-22)11-18-14-26-9-8-23(18)28(25)24(16)21/h1-10,14H,11-13H2. The SMILES string of the molecule is c1ccc2c(c1)Cc1c-2ccc2c1N1c3ccncc3Cc3ccnc(c31)C2. The molecule has 2 aromatic carbocycles. The van der Waals surface area contributed by atoms with Crippen molar-refractivity contribution in [2.45, 2.75) is 19.3 Å². The number of rotatable bonds is 0. The van der Waals surface area contributed by atoms with Gasteiger partial charge in [0.25, 0.3) is 0 Å². The van der Waals surface area contributed by atoms with E-state index in [0.29, 0.717) is 0 Å². The largest absolute Gasteiger partial charge is 0.307 e. The summed E-state index contributed by atoms with van der Waals surface area (Å²) >= 11 is 0. The zero-order valence-electron chi connectivity index (χ0n) is 15.3. The molecule has 1 aliphatic carbocycles. The summed E-state index contributed by atoms with van der Waals surface area (Å²) in [7, 11) is 0. The summed E-state index contributed by atoms with van der Waals surface area (Å²) in [6.45, 7) is 0. The van der Waals surface area contributed by atoms with Crippen molar-refractivity contribution in [1.82, 2.24) is 9.97 Å². The van der Waals surface area contributed by atoms with Crippen molar-refractivity contribution in [1.29, 1.82) is 0 Å². The maximum absolute atomic E-state index is 4.76. The summed E-state index contributed by atoms with van der Waals surface area (Å²) in [6, 6.07) is 17.8. The highest BCUT2D eigenvalue weighted by Gasteiger charge is 2.35. The van der Waals surface area contributed by atoms with Gasteiger partial charge in [0, 0.05) is 37.9 Å². The second-order valence-electron chi connectivity index (χ2n) is 7.89. The van der Waals surface area contributed by atoms with Crippen molar-refractivity contribution in [3.63, 3.8) is 0 Å². The Morgan fingerprint density at radius 3 is 2.61 bits per heavy atom. The van der Waals surface area contributed by atoms with Gasteiger partial charge in [0.05, 0.1) is 22.8 Å². The molecule has 3 aliphatic rings. The van der Waals surface area contributed by atoms with E-state index < -0.39 is 0 Å². The second-order valence-corrected chi connectivity index (χ2v) is 7.89. The lowest BCUT2D eigenvalue weighted by Crippen LogP contribution is -2.26. The van der Waals surface area contributed by atoms with Crippen LogP contribution in [0.3, 0.4) is 0 Å². The Morgan fingerprint density at radius 2 is 1.61 bits per heavy atom. The van der Waals surface area contributed by atoms with Crippen LogP contribution in [0.2, 0.25) is 0 Å². The monoisotopic (exact) mass is 359 g/mol. The molecule has 132 valence electrons. The molecule has 2 aliphatic heterocycles. The van der Waals surface area contributed by atoms with E-state index in [1.54, 1.807) is 0 Å². The van der Waals surface area contributed by atoms with E-state index in [4.69, 9.17) is 4.98 Å². The van der Waals surface area contributed by atoms with Gasteiger partial charge in [-0.3, -0.25) is 9.97 Å². The minimum atomic E-state index is 0.902. The predicted molar refractivity (Wildman–Crippen MR) is 111 cm³/mol. The Kier molecular flexibility index (Phi) is 2.64. The Labute approximate surface area is 163 Å². The lowest BCUT2D eigenvalue weighted by molar-refractivity contribution is 0.947. The fourth-order valence-corrected chi connectivity index (χ4v) is 5.26. The molecule has 3 nitrogen and oxygen atoms in total. The molecule has 0 atom stereocenters. The van der Waals surface area contributed by atoms with E-state index in [1.807, 2.05) is 18.6 Å². The molecule has 0 N–H and O–H groups in total. The normalized spacial score (nSPS) is 14.6. The Morgan fingerprint density at radius 1 is 0.679 bits per heavy atom. The molecule has 2 aromatic heterocycles. The van der Waals surface area contributed by atoms with E-state index in [-0.39, 0.29) is 0 Å². The van der Waals surface area contributed by atoms with E-state index in [9.17, 15) is 0 Å². The molecule has 0 saturated heterocycles. The zero-order chi connectivity index (χ0) is 18.2. The number of aromatic nitrogens is 2. The molecule has 7 rings (SSSR count). The van der Waals surface area contributed by atoms with E-state index in [0.717, 1.165) is 19.3 Å². The number of pyridine rings is 2. The number of hydrogen-bond donors (Lipinski definition) is 0. The summed E-state index contributed by atoms with van der Waals surface area (Å²) in [4.78, 5) is 11.6. The van der Waals surface area contributed by atoms with E-state index in [1.165, 1.54) is 61.7 Å². The average Bonchev–Trinajstić information content (AvgIpc) is 3.12. The highest BCUT2D eigenvalue weighted by Crippen LogP contribution is 2.53. The molecule has 4 heterocycles. The minimum Gasteiger partial charge on any atom is -0.307 e. The van der Waals surface area contributed by atoms with Gasteiger partial charge in [0.2, 0.25) is 0 Å². The van der Waals surface area contributed by atoms with Crippen LogP contribution in [0.15, 0.2) is 67.1 Å². The zero-order valence-corrected chi connectivity index (χ0v) is 15.3. The summed E-state index contributed by atoms with van der Waals surface area (Å²) in [5.74, 6) is 0. The van der Waals surface area contributed by atoms with Gasteiger partial charge >= 0.3 is 0 Å². The molecule has 0 unspecified atom stereocenters. The van der Waals surface area contributed by atoms with Crippen LogP contribution in [0.4, 0.5) is 17.1 Å². The summed E-state index contributed by atoms with van der Waals surface area (Å²) in [6.07, 6.45) is 8.71. The van der Waals surface area contributed by atoms with Crippen molar-refractivity contribution >= 4 is 17.1 Å². The molecule has 0 spiro atoms. The third kappa shape index (κ3) is 1.74. The Bertz CT molecular complexity index is 1290. The van der Waals surface area contributed by atoms with Gasteiger partial charge in [-0.15, -0.1) is 0 Å². The third-order valence-corrected chi connectivity index (χ3v) is 6.43. The predicted octanol–water partition coefficient (Wildman–Crippen LogP) is 5.33. The summed E-state index contributed by atoms with van der Waals surface area (Å²) < 4.78 is 0. The third-order valence-electron chi connectivity index (χ3n) is 6.43. The van der Waals surface area contributed by atoms with Crippen molar-refractivity contribution in [2.75, 3.05) is 4.90 Å². The minimum absolute atomic E-state index is 0.902. The van der Waals surface area contributed by atoms with Gasteiger partial charge in [-0.2, -0.15) is 0 Å². The summed E-state index contributed by atoms with van der Waals surface area (Å²) in [5, 5.41) is 0. The van der Waals surface area contributed by atoms with Gasteiger partial charge < -0.3 is 4.90 Å². The van der Waals surface area contributed by atoms with Crippen LogP contribution in [-0.2, 0) is 19.3 Å². The van der Waals surface area contributed by atoms with Crippen LogP contribution < -0.4 is 4.90 Å². The molecule has 28 heavy (non-hydrogen) atoms. The number of benzene rings is 2. The molecule has 3 heteroatoms. The fourth-order valence-electron chi connectivity index (χ4n) is 5.26. The van der Waals surface area contributed by atoms with E-state index in [2.05, 4.69) is 58.4 Å². The first-order valence-electron chi connectivity index (χ1n) is 9.81. The topological polar surface area (TPSA) is 29.0 Å². The maximum atomic E-state index is 4.76. The molecule has 4 aromatic rings. The fraction of sp³-hybridized carbons (Fsp3) is 0.120. The highest BCUT2D eigenvalue weighted by molar-refractivity contribution is 5.94. The Balaban J connectivity index is 1.56. The molecule has 0 saturated carbocycles. The number of fused-ring (bicyclic) bond motifs is 8. The smallest absolute Gasteiger partial charge is 0.0716 e. The van der Waals surface area contributed by atoms with Gasteiger partial charge in [-0.1, -0.05) is 36.4 Å². The molecule has 0 amide bonds.